The Hall–Kier alpha value is -1.65. The molecular formula is C15H19N2O3P. The van der Waals surface area contributed by atoms with Crippen LogP contribution in [0.25, 0.3) is 0 Å². The average Bonchev–Trinajstić information content (AvgIpc) is 2.46. The van der Waals surface area contributed by atoms with Crippen molar-refractivity contribution in [3.63, 3.8) is 0 Å². The molecule has 0 aliphatic carbocycles. The zero-order valence-electron chi connectivity index (χ0n) is 12.4. The van der Waals surface area contributed by atoms with Gasteiger partial charge in [0, 0.05) is 0 Å². The van der Waals surface area contributed by atoms with Crippen molar-refractivity contribution in [3.05, 3.63) is 35.4 Å². The van der Waals surface area contributed by atoms with E-state index in [0.717, 1.165) is 5.56 Å². The normalized spacial score (nSPS) is 12.7. The topological polar surface area (TPSA) is 83.1 Å². The van der Waals surface area contributed by atoms with Crippen molar-refractivity contribution in [3.8, 4) is 12.1 Å². The molecule has 21 heavy (non-hydrogen) atoms. The Balaban J connectivity index is 3.46. The summed E-state index contributed by atoms with van der Waals surface area (Å²) in [6.45, 7) is 5.62. The molecule has 0 aliphatic heterocycles. The van der Waals surface area contributed by atoms with E-state index < -0.39 is 19.2 Å². The number of benzene rings is 1. The summed E-state index contributed by atoms with van der Waals surface area (Å²) in [6, 6.07) is 11.0. The fourth-order valence-corrected chi connectivity index (χ4v) is 4.42. The van der Waals surface area contributed by atoms with Gasteiger partial charge in [-0.15, -0.1) is 0 Å². The Labute approximate surface area is 125 Å². The number of nitriles is 2. The Bertz CT molecular complexity index is 580. The van der Waals surface area contributed by atoms with Crippen molar-refractivity contribution in [2.45, 2.75) is 26.4 Å². The van der Waals surface area contributed by atoms with E-state index in [9.17, 15) is 15.1 Å². The van der Waals surface area contributed by atoms with Gasteiger partial charge in [0.15, 0.2) is 5.92 Å². The van der Waals surface area contributed by atoms with Crippen molar-refractivity contribution in [2.24, 2.45) is 5.92 Å². The van der Waals surface area contributed by atoms with Gasteiger partial charge >= 0.3 is 7.60 Å². The molecule has 0 radical (unpaired) electrons. The van der Waals surface area contributed by atoms with Gasteiger partial charge in [-0.05, 0) is 31.9 Å². The molecule has 1 atom stereocenters. The van der Waals surface area contributed by atoms with E-state index in [-0.39, 0.29) is 13.2 Å². The highest BCUT2D eigenvalue weighted by Gasteiger charge is 2.43. The first kappa shape index (κ1) is 17.4. The van der Waals surface area contributed by atoms with Gasteiger partial charge in [0.05, 0.1) is 25.4 Å². The molecule has 0 fully saturated rings. The second-order valence-electron chi connectivity index (χ2n) is 4.41. The monoisotopic (exact) mass is 306 g/mol. The third-order valence-corrected chi connectivity index (χ3v) is 5.55. The van der Waals surface area contributed by atoms with Crippen LogP contribution in [0.5, 0.6) is 0 Å². The summed E-state index contributed by atoms with van der Waals surface area (Å²) in [5.74, 6) is -1.10. The second kappa shape index (κ2) is 7.96. The number of hydrogen-bond donors (Lipinski definition) is 0. The molecule has 0 heterocycles. The summed E-state index contributed by atoms with van der Waals surface area (Å²) in [5, 5.41) is 18.5. The molecule has 1 aromatic carbocycles. The molecule has 1 unspecified atom stereocenters. The fourth-order valence-electron chi connectivity index (χ4n) is 2.18. The van der Waals surface area contributed by atoms with E-state index >= 15 is 0 Å². The van der Waals surface area contributed by atoms with Crippen molar-refractivity contribution >= 4 is 7.60 Å². The van der Waals surface area contributed by atoms with E-state index in [1.165, 1.54) is 0 Å². The quantitative estimate of drug-likeness (QED) is 0.712. The first-order valence-corrected chi connectivity index (χ1v) is 8.38. The SMILES string of the molecule is CCOP(=O)(OCC)C(c1ccccc1C)C(C#N)C#N. The van der Waals surface area contributed by atoms with E-state index in [1.54, 1.807) is 26.0 Å². The van der Waals surface area contributed by atoms with Crippen molar-refractivity contribution < 1.29 is 13.6 Å². The molecule has 0 bridgehead atoms. The molecule has 0 aliphatic rings. The Morgan fingerprint density at radius 2 is 1.67 bits per heavy atom. The average molecular weight is 306 g/mol. The third kappa shape index (κ3) is 3.93. The lowest BCUT2D eigenvalue weighted by Gasteiger charge is -2.28. The maximum atomic E-state index is 13.1. The summed E-state index contributed by atoms with van der Waals surface area (Å²) in [7, 11) is -3.61. The molecule has 1 aromatic rings. The zero-order chi connectivity index (χ0) is 15.9. The summed E-state index contributed by atoms with van der Waals surface area (Å²) in [6.07, 6.45) is 0. The van der Waals surface area contributed by atoms with E-state index in [4.69, 9.17) is 9.05 Å². The highest BCUT2D eigenvalue weighted by Crippen LogP contribution is 2.64. The summed E-state index contributed by atoms with van der Waals surface area (Å²) in [5.41, 5.74) is 0.585. The van der Waals surface area contributed by atoms with Crippen LogP contribution < -0.4 is 0 Å². The fraction of sp³-hybridized carbons (Fsp3) is 0.467. The Kier molecular flexibility index (Phi) is 6.59. The number of hydrogen-bond acceptors (Lipinski definition) is 5. The van der Waals surface area contributed by atoms with Crippen LogP contribution in [0, 0.1) is 35.5 Å². The molecule has 0 saturated heterocycles. The number of rotatable bonds is 7. The van der Waals surface area contributed by atoms with Crippen LogP contribution in [0.4, 0.5) is 0 Å². The van der Waals surface area contributed by atoms with Crippen LogP contribution in [0.2, 0.25) is 0 Å². The molecule has 1 rings (SSSR count). The molecule has 0 N–H and O–H groups in total. The molecule has 112 valence electrons. The summed E-state index contributed by atoms with van der Waals surface area (Å²) in [4.78, 5) is 0. The van der Waals surface area contributed by atoms with Crippen LogP contribution >= 0.6 is 7.60 Å². The largest absolute Gasteiger partial charge is 0.340 e. The first-order valence-electron chi connectivity index (χ1n) is 6.77. The van der Waals surface area contributed by atoms with E-state index in [1.807, 2.05) is 31.2 Å². The minimum absolute atomic E-state index is 0.184. The Morgan fingerprint density at radius 1 is 1.14 bits per heavy atom. The standard InChI is InChI=1S/C15H19N2O3P/c1-4-19-21(18,20-5-2)15(13(10-16)11-17)14-9-7-6-8-12(14)3/h6-9,13,15H,4-5H2,1-3H3. The molecule has 0 aromatic heterocycles. The van der Waals surface area contributed by atoms with E-state index in [2.05, 4.69) is 0 Å². The van der Waals surface area contributed by atoms with Crippen LogP contribution in [-0.4, -0.2) is 13.2 Å². The van der Waals surface area contributed by atoms with Gasteiger partial charge in [-0.25, -0.2) is 0 Å². The molecule has 0 spiro atoms. The van der Waals surface area contributed by atoms with Crippen molar-refractivity contribution in [1.29, 1.82) is 10.5 Å². The van der Waals surface area contributed by atoms with Gasteiger partial charge in [-0.2, -0.15) is 10.5 Å². The van der Waals surface area contributed by atoms with Crippen molar-refractivity contribution in [1.82, 2.24) is 0 Å². The van der Waals surface area contributed by atoms with Gasteiger partial charge < -0.3 is 9.05 Å². The molecule has 0 amide bonds. The van der Waals surface area contributed by atoms with Gasteiger partial charge in [-0.1, -0.05) is 24.3 Å². The maximum Gasteiger partial charge on any atom is 0.340 e. The first-order chi connectivity index (χ1) is 10.0. The van der Waals surface area contributed by atoms with Gasteiger partial charge in [0.25, 0.3) is 0 Å². The predicted molar refractivity (Wildman–Crippen MR) is 79.5 cm³/mol. The zero-order valence-corrected chi connectivity index (χ0v) is 13.3. The predicted octanol–water partition coefficient (Wildman–Crippen LogP) is 3.97. The van der Waals surface area contributed by atoms with Gasteiger partial charge in [0.2, 0.25) is 0 Å². The summed E-state index contributed by atoms with van der Waals surface area (Å²) < 4.78 is 23.8. The van der Waals surface area contributed by atoms with Crippen LogP contribution in [0.1, 0.15) is 30.6 Å². The van der Waals surface area contributed by atoms with Gasteiger partial charge in [-0.3, -0.25) is 4.57 Å². The van der Waals surface area contributed by atoms with Crippen LogP contribution in [0.3, 0.4) is 0 Å². The highest BCUT2D eigenvalue weighted by molar-refractivity contribution is 7.54. The lowest BCUT2D eigenvalue weighted by Crippen LogP contribution is -2.15. The van der Waals surface area contributed by atoms with Crippen LogP contribution in [-0.2, 0) is 13.6 Å². The minimum Gasteiger partial charge on any atom is -0.308 e. The third-order valence-electron chi connectivity index (χ3n) is 3.06. The van der Waals surface area contributed by atoms with Crippen LogP contribution in [0.15, 0.2) is 24.3 Å². The second-order valence-corrected chi connectivity index (χ2v) is 6.57. The highest BCUT2D eigenvalue weighted by atomic mass is 31.2. The minimum atomic E-state index is -3.61. The van der Waals surface area contributed by atoms with Crippen molar-refractivity contribution in [2.75, 3.05) is 13.2 Å². The molecule has 0 saturated carbocycles. The molecule has 6 heteroatoms. The van der Waals surface area contributed by atoms with E-state index in [0.29, 0.717) is 5.56 Å². The number of nitrogens with zero attached hydrogens (tertiary/aromatic N) is 2. The van der Waals surface area contributed by atoms with Gasteiger partial charge in [0.1, 0.15) is 5.66 Å². The Morgan fingerprint density at radius 3 is 2.10 bits per heavy atom. The lowest BCUT2D eigenvalue weighted by molar-refractivity contribution is 0.209. The number of aryl methyl sites for hydroxylation is 1. The molecule has 5 nitrogen and oxygen atoms in total. The smallest absolute Gasteiger partial charge is 0.308 e. The molecular weight excluding hydrogens is 287 g/mol. The summed E-state index contributed by atoms with van der Waals surface area (Å²) >= 11 is 0. The maximum absolute atomic E-state index is 13.1. The lowest BCUT2D eigenvalue weighted by atomic mass is 9.97.